The van der Waals surface area contributed by atoms with Crippen LogP contribution in [-0.2, 0) is 4.79 Å². The largest absolute Gasteiger partial charge is 0.460 e. The average Bonchev–Trinajstić information content (AvgIpc) is 3.05. The van der Waals surface area contributed by atoms with Crippen LogP contribution in [0.15, 0.2) is 34.7 Å². The fraction of sp³-hybridized carbons (Fsp3) is 0.400. The molecule has 4 heteroatoms. The summed E-state index contributed by atoms with van der Waals surface area (Å²) in [5.41, 5.74) is 0.833. The van der Waals surface area contributed by atoms with Crippen molar-refractivity contribution in [3.05, 3.63) is 36.1 Å². The first-order valence-electron chi connectivity index (χ1n) is 6.73. The number of benzene rings is 1. The number of carbonyl (C=O) groups is 1. The highest BCUT2D eigenvalue weighted by Crippen LogP contribution is 2.25. The zero-order valence-corrected chi connectivity index (χ0v) is 11.0. The predicted molar refractivity (Wildman–Crippen MR) is 74.0 cm³/mol. The predicted octanol–water partition coefficient (Wildman–Crippen LogP) is 2.01. The van der Waals surface area contributed by atoms with Gasteiger partial charge in [0.1, 0.15) is 11.3 Å². The molecule has 1 aromatic heterocycles. The van der Waals surface area contributed by atoms with Crippen molar-refractivity contribution in [1.82, 2.24) is 10.6 Å². The van der Waals surface area contributed by atoms with Gasteiger partial charge in [0, 0.05) is 18.0 Å². The standard InChI is InChI=1S/C15H18N2O2/c1-10(15(18)17-12-6-7-16-9-12)14-8-11-4-2-3-5-13(11)19-14/h2-5,8,10,12,16H,6-7,9H2,1H3,(H,17,18). The normalized spacial score (nSPS) is 20.6. The molecule has 2 heterocycles. The molecule has 19 heavy (non-hydrogen) atoms. The Labute approximate surface area is 112 Å². The number of amides is 1. The van der Waals surface area contributed by atoms with Crippen molar-refractivity contribution in [2.45, 2.75) is 25.3 Å². The summed E-state index contributed by atoms with van der Waals surface area (Å²) >= 11 is 0. The van der Waals surface area contributed by atoms with E-state index < -0.39 is 0 Å². The van der Waals surface area contributed by atoms with E-state index in [0.29, 0.717) is 0 Å². The van der Waals surface area contributed by atoms with Gasteiger partial charge in [-0.3, -0.25) is 4.79 Å². The van der Waals surface area contributed by atoms with Gasteiger partial charge in [0.15, 0.2) is 0 Å². The lowest BCUT2D eigenvalue weighted by molar-refractivity contribution is -0.123. The van der Waals surface area contributed by atoms with Crippen molar-refractivity contribution in [1.29, 1.82) is 0 Å². The monoisotopic (exact) mass is 258 g/mol. The topological polar surface area (TPSA) is 54.3 Å². The smallest absolute Gasteiger partial charge is 0.230 e. The van der Waals surface area contributed by atoms with Gasteiger partial charge in [-0.2, -0.15) is 0 Å². The van der Waals surface area contributed by atoms with E-state index in [1.807, 2.05) is 37.3 Å². The van der Waals surface area contributed by atoms with Crippen LogP contribution in [0, 0.1) is 0 Å². The third-order valence-corrected chi connectivity index (χ3v) is 3.67. The second kappa shape index (κ2) is 5.05. The van der Waals surface area contributed by atoms with E-state index in [1.54, 1.807) is 0 Å². The summed E-state index contributed by atoms with van der Waals surface area (Å²) in [4.78, 5) is 12.2. The van der Waals surface area contributed by atoms with Crippen LogP contribution in [-0.4, -0.2) is 25.0 Å². The first-order chi connectivity index (χ1) is 9.24. The highest BCUT2D eigenvalue weighted by molar-refractivity contribution is 5.85. The van der Waals surface area contributed by atoms with Gasteiger partial charge in [0.2, 0.25) is 5.91 Å². The molecule has 1 aliphatic rings. The highest BCUT2D eigenvalue weighted by Gasteiger charge is 2.23. The zero-order valence-electron chi connectivity index (χ0n) is 11.0. The van der Waals surface area contributed by atoms with Crippen LogP contribution < -0.4 is 10.6 Å². The summed E-state index contributed by atoms with van der Waals surface area (Å²) in [6, 6.07) is 10.0. The molecule has 0 aliphatic carbocycles. The SMILES string of the molecule is CC(C(=O)NC1CCNC1)c1cc2ccccc2o1. The number of rotatable bonds is 3. The molecular formula is C15H18N2O2. The van der Waals surface area contributed by atoms with Gasteiger partial charge in [0.05, 0.1) is 5.92 Å². The number of fused-ring (bicyclic) bond motifs is 1. The molecule has 0 saturated carbocycles. The van der Waals surface area contributed by atoms with Crippen molar-refractivity contribution < 1.29 is 9.21 Å². The van der Waals surface area contributed by atoms with E-state index in [4.69, 9.17) is 4.42 Å². The molecule has 2 unspecified atom stereocenters. The van der Waals surface area contributed by atoms with E-state index in [9.17, 15) is 4.79 Å². The molecule has 4 nitrogen and oxygen atoms in total. The van der Waals surface area contributed by atoms with Gasteiger partial charge in [0.25, 0.3) is 0 Å². The molecule has 1 amide bonds. The molecule has 2 N–H and O–H groups in total. The summed E-state index contributed by atoms with van der Waals surface area (Å²) < 4.78 is 5.74. The minimum atomic E-state index is -0.256. The lowest BCUT2D eigenvalue weighted by atomic mass is 10.1. The van der Waals surface area contributed by atoms with Gasteiger partial charge in [-0.05, 0) is 32.0 Å². The number of carbonyl (C=O) groups excluding carboxylic acids is 1. The van der Waals surface area contributed by atoms with Gasteiger partial charge < -0.3 is 15.1 Å². The van der Waals surface area contributed by atoms with Crippen molar-refractivity contribution >= 4 is 16.9 Å². The maximum atomic E-state index is 12.2. The van der Waals surface area contributed by atoms with Gasteiger partial charge in [-0.25, -0.2) is 0 Å². The number of hydrogen-bond acceptors (Lipinski definition) is 3. The van der Waals surface area contributed by atoms with Crippen LogP contribution in [0.4, 0.5) is 0 Å². The number of para-hydroxylation sites is 1. The van der Waals surface area contributed by atoms with Gasteiger partial charge >= 0.3 is 0 Å². The maximum absolute atomic E-state index is 12.2. The Balaban J connectivity index is 1.74. The molecule has 0 bridgehead atoms. The highest BCUT2D eigenvalue weighted by atomic mass is 16.3. The molecule has 0 spiro atoms. The first kappa shape index (κ1) is 12.2. The first-order valence-corrected chi connectivity index (χ1v) is 6.73. The Morgan fingerprint density at radius 1 is 1.47 bits per heavy atom. The fourth-order valence-corrected chi connectivity index (χ4v) is 2.45. The van der Waals surface area contributed by atoms with Crippen LogP contribution in [0.25, 0.3) is 11.0 Å². The number of furan rings is 1. The zero-order chi connectivity index (χ0) is 13.2. The maximum Gasteiger partial charge on any atom is 0.230 e. The summed E-state index contributed by atoms with van der Waals surface area (Å²) in [5, 5.41) is 7.34. The molecule has 0 radical (unpaired) electrons. The Hall–Kier alpha value is -1.81. The summed E-state index contributed by atoms with van der Waals surface area (Å²) in [6.45, 7) is 3.72. The van der Waals surface area contributed by atoms with Gasteiger partial charge in [-0.1, -0.05) is 18.2 Å². The molecule has 1 aromatic carbocycles. The molecule has 1 fully saturated rings. The van der Waals surface area contributed by atoms with E-state index in [-0.39, 0.29) is 17.9 Å². The van der Waals surface area contributed by atoms with E-state index in [1.165, 1.54) is 0 Å². The van der Waals surface area contributed by atoms with Crippen LogP contribution in [0.1, 0.15) is 25.0 Å². The molecule has 100 valence electrons. The van der Waals surface area contributed by atoms with E-state index in [2.05, 4.69) is 10.6 Å². The van der Waals surface area contributed by atoms with E-state index >= 15 is 0 Å². The molecular weight excluding hydrogens is 240 g/mol. The Kier molecular flexibility index (Phi) is 3.25. The van der Waals surface area contributed by atoms with Crippen LogP contribution in [0.5, 0.6) is 0 Å². The van der Waals surface area contributed by atoms with E-state index in [0.717, 1.165) is 36.2 Å². The van der Waals surface area contributed by atoms with Crippen LogP contribution >= 0.6 is 0 Å². The van der Waals surface area contributed by atoms with Gasteiger partial charge in [-0.15, -0.1) is 0 Å². The summed E-state index contributed by atoms with van der Waals surface area (Å²) in [7, 11) is 0. The third-order valence-electron chi connectivity index (χ3n) is 3.67. The molecule has 1 aliphatic heterocycles. The Morgan fingerprint density at radius 3 is 3.05 bits per heavy atom. The summed E-state index contributed by atoms with van der Waals surface area (Å²) in [5.74, 6) is 0.505. The minimum absolute atomic E-state index is 0.0350. The van der Waals surface area contributed by atoms with Crippen molar-refractivity contribution in [3.63, 3.8) is 0 Å². The minimum Gasteiger partial charge on any atom is -0.460 e. The number of nitrogens with one attached hydrogen (secondary N) is 2. The fourth-order valence-electron chi connectivity index (χ4n) is 2.45. The third kappa shape index (κ3) is 2.49. The molecule has 2 aromatic rings. The van der Waals surface area contributed by atoms with Crippen molar-refractivity contribution in [2.24, 2.45) is 0 Å². The second-order valence-electron chi connectivity index (χ2n) is 5.11. The lowest BCUT2D eigenvalue weighted by Crippen LogP contribution is -2.38. The lowest BCUT2D eigenvalue weighted by Gasteiger charge is -2.14. The number of hydrogen-bond donors (Lipinski definition) is 2. The summed E-state index contributed by atoms with van der Waals surface area (Å²) in [6.07, 6.45) is 0.999. The van der Waals surface area contributed by atoms with Crippen molar-refractivity contribution in [3.8, 4) is 0 Å². The Bertz CT molecular complexity index is 552. The van der Waals surface area contributed by atoms with Crippen molar-refractivity contribution in [2.75, 3.05) is 13.1 Å². The quantitative estimate of drug-likeness (QED) is 0.885. The second-order valence-corrected chi connectivity index (χ2v) is 5.11. The molecule has 2 atom stereocenters. The van der Waals surface area contributed by atoms with Crippen LogP contribution in [0.2, 0.25) is 0 Å². The Morgan fingerprint density at radius 2 is 2.32 bits per heavy atom. The molecule has 3 rings (SSSR count). The van der Waals surface area contributed by atoms with Crippen LogP contribution in [0.3, 0.4) is 0 Å². The molecule has 1 saturated heterocycles. The average molecular weight is 258 g/mol.